The van der Waals surface area contributed by atoms with Crippen molar-refractivity contribution >= 4 is 11.6 Å². The second-order valence-corrected chi connectivity index (χ2v) is 5.08. The maximum absolute atomic E-state index is 12.1. The highest BCUT2D eigenvalue weighted by Crippen LogP contribution is 2.14. The fourth-order valence-corrected chi connectivity index (χ4v) is 2.01. The molecule has 3 heteroatoms. The second kappa shape index (κ2) is 6.35. The number of rotatable bonds is 4. The molecule has 2 aromatic rings. The van der Waals surface area contributed by atoms with Crippen LogP contribution in [0, 0.1) is 13.8 Å². The predicted molar refractivity (Wildman–Crippen MR) is 82.7 cm³/mol. The SMILES string of the molecule is Cc1ccc(NC(=O)[C@@H](N)Cc2ccccc2)cc1C. The van der Waals surface area contributed by atoms with Crippen molar-refractivity contribution in [3.8, 4) is 0 Å². The van der Waals surface area contributed by atoms with Gasteiger partial charge in [-0.15, -0.1) is 0 Å². The van der Waals surface area contributed by atoms with Gasteiger partial charge in [0, 0.05) is 5.69 Å². The van der Waals surface area contributed by atoms with Gasteiger partial charge < -0.3 is 11.1 Å². The third-order valence-electron chi connectivity index (χ3n) is 3.41. The molecule has 0 radical (unpaired) electrons. The standard InChI is InChI=1S/C17H20N2O/c1-12-8-9-15(10-13(12)2)19-17(20)16(18)11-14-6-4-3-5-7-14/h3-10,16H,11,18H2,1-2H3,(H,19,20)/t16-/m0/s1. The summed E-state index contributed by atoms with van der Waals surface area (Å²) < 4.78 is 0. The van der Waals surface area contributed by atoms with Crippen molar-refractivity contribution in [2.24, 2.45) is 5.73 Å². The molecule has 2 aromatic carbocycles. The summed E-state index contributed by atoms with van der Waals surface area (Å²) in [6.07, 6.45) is 0.539. The number of nitrogens with one attached hydrogen (secondary N) is 1. The fraction of sp³-hybridized carbons (Fsp3) is 0.235. The summed E-state index contributed by atoms with van der Waals surface area (Å²) in [4.78, 5) is 12.1. The number of carbonyl (C=O) groups is 1. The molecule has 0 saturated carbocycles. The molecular formula is C17H20N2O. The van der Waals surface area contributed by atoms with E-state index in [1.54, 1.807) is 0 Å². The van der Waals surface area contributed by atoms with E-state index < -0.39 is 6.04 Å². The van der Waals surface area contributed by atoms with Crippen molar-refractivity contribution < 1.29 is 4.79 Å². The molecule has 1 atom stereocenters. The monoisotopic (exact) mass is 268 g/mol. The van der Waals surface area contributed by atoms with Gasteiger partial charge in [0.2, 0.25) is 5.91 Å². The zero-order valence-corrected chi connectivity index (χ0v) is 11.9. The van der Waals surface area contributed by atoms with Crippen molar-refractivity contribution in [2.75, 3.05) is 5.32 Å². The van der Waals surface area contributed by atoms with Crippen molar-refractivity contribution in [2.45, 2.75) is 26.3 Å². The second-order valence-electron chi connectivity index (χ2n) is 5.08. The number of hydrogen-bond acceptors (Lipinski definition) is 2. The van der Waals surface area contributed by atoms with Gasteiger partial charge in [0.25, 0.3) is 0 Å². The molecule has 0 aromatic heterocycles. The van der Waals surface area contributed by atoms with Crippen LogP contribution in [0.3, 0.4) is 0 Å². The largest absolute Gasteiger partial charge is 0.325 e. The normalized spacial score (nSPS) is 11.9. The molecule has 104 valence electrons. The molecule has 3 N–H and O–H groups in total. The third-order valence-corrected chi connectivity index (χ3v) is 3.41. The Balaban J connectivity index is 1.99. The smallest absolute Gasteiger partial charge is 0.241 e. The highest BCUT2D eigenvalue weighted by atomic mass is 16.2. The molecule has 0 unspecified atom stereocenters. The first-order valence-electron chi connectivity index (χ1n) is 6.74. The van der Waals surface area contributed by atoms with Crippen molar-refractivity contribution in [3.63, 3.8) is 0 Å². The average Bonchev–Trinajstić information content (AvgIpc) is 2.44. The quantitative estimate of drug-likeness (QED) is 0.896. The number of aryl methyl sites for hydroxylation is 2. The molecule has 0 spiro atoms. The number of carbonyl (C=O) groups excluding carboxylic acids is 1. The number of hydrogen-bond donors (Lipinski definition) is 2. The Morgan fingerprint density at radius 2 is 1.80 bits per heavy atom. The van der Waals surface area contributed by atoms with Crippen LogP contribution in [0.1, 0.15) is 16.7 Å². The molecule has 0 aliphatic carbocycles. The summed E-state index contributed by atoms with van der Waals surface area (Å²) in [6, 6.07) is 15.1. The summed E-state index contributed by atoms with van der Waals surface area (Å²) >= 11 is 0. The van der Waals surface area contributed by atoms with Crippen LogP contribution < -0.4 is 11.1 Å². The molecule has 0 saturated heterocycles. The van der Waals surface area contributed by atoms with Gasteiger partial charge in [0.1, 0.15) is 0 Å². The molecule has 20 heavy (non-hydrogen) atoms. The number of benzene rings is 2. The van der Waals surface area contributed by atoms with Crippen LogP contribution in [0.2, 0.25) is 0 Å². The molecule has 1 amide bonds. The third kappa shape index (κ3) is 3.68. The molecule has 2 rings (SSSR count). The van der Waals surface area contributed by atoms with Crippen LogP contribution in [-0.4, -0.2) is 11.9 Å². The molecular weight excluding hydrogens is 248 g/mol. The highest BCUT2D eigenvalue weighted by Gasteiger charge is 2.14. The average molecular weight is 268 g/mol. The lowest BCUT2D eigenvalue weighted by Crippen LogP contribution is -2.37. The van der Waals surface area contributed by atoms with E-state index in [2.05, 4.69) is 5.32 Å². The van der Waals surface area contributed by atoms with Crippen LogP contribution in [0.5, 0.6) is 0 Å². The van der Waals surface area contributed by atoms with Crippen LogP contribution in [-0.2, 0) is 11.2 Å². The van der Waals surface area contributed by atoms with Gasteiger partial charge in [0.05, 0.1) is 6.04 Å². The minimum atomic E-state index is -0.543. The van der Waals surface area contributed by atoms with Gasteiger partial charge in [0.15, 0.2) is 0 Å². The Morgan fingerprint density at radius 1 is 1.10 bits per heavy atom. The van der Waals surface area contributed by atoms with Crippen molar-refractivity contribution in [3.05, 3.63) is 65.2 Å². The summed E-state index contributed by atoms with van der Waals surface area (Å²) in [7, 11) is 0. The molecule has 0 bridgehead atoms. The molecule has 0 fully saturated rings. The Bertz CT molecular complexity index is 593. The summed E-state index contributed by atoms with van der Waals surface area (Å²) in [6.45, 7) is 4.07. The number of amides is 1. The lowest BCUT2D eigenvalue weighted by Gasteiger charge is -2.13. The van der Waals surface area contributed by atoms with E-state index >= 15 is 0 Å². The molecule has 0 heterocycles. The van der Waals surface area contributed by atoms with E-state index in [0.29, 0.717) is 6.42 Å². The van der Waals surface area contributed by atoms with Crippen LogP contribution in [0.15, 0.2) is 48.5 Å². The van der Waals surface area contributed by atoms with Gasteiger partial charge in [-0.1, -0.05) is 36.4 Å². The Hall–Kier alpha value is -2.13. The van der Waals surface area contributed by atoms with Gasteiger partial charge in [-0.05, 0) is 49.1 Å². The Labute approximate surface area is 119 Å². The highest BCUT2D eigenvalue weighted by molar-refractivity contribution is 5.94. The molecule has 0 aliphatic rings. The van der Waals surface area contributed by atoms with Crippen LogP contribution >= 0.6 is 0 Å². The number of anilines is 1. The maximum atomic E-state index is 12.1. The predicted octanol–water partition coefficient (Wildman–Crippen LogP) is 2.81. The van der Waals surface area contributed by atoms with Crippen molar-refractivity contribution in [1.82, 2.24) is 0 Å². The Morgan fingerprint density at radius 3 is 2.45 bits per heavy atom. The number of nitrogens with two attached hydrogens (primary N) is 1. The minimum absolute atomic E-state index is 0.155. The van der Waals surface area contributed by atoms with E-state index in [1.165, 1.54) is 5.56 Å². The molecule has 0 aliphatic heterocycles. The van der Waals surface area contributed by atoms with E-state index in [0.717, 1.165) is 16.8 Å². The molecule has 3 nitrogen and oxygen atoms in total. The first-order valence-corrected chi connectivity index (χ1v) is 6.74. The van der Waals surface area contributed by atoms with Crippen LogP contribution in [0.4, 0.5) is 5.69 Å². The van der Waals surface area contributed by atoms with E-state index in [-0.39, 0.29) is 5.91 Å². The van der Waals surface area contributed by atoms with Crippen molar-refractivity contribution in [1.29, 1.82) is 0 Å². The van der Waals surface area contributed by atoms with E-state index in [9.17, 15) is 4.79 Å². The van der Waals surface area contributed by atoms with Gasteiger partial charge in [-0.25, -0.2) is 0 Å². The topological polar surface area (TPSA) is 55.1 Å². The summed E-state index contributed by atoms with van der Waals surface area (Å²) in [5.74, 6) is -0.155. The van der Waals surface area contributed by atoms with Gasteiger partial charge in [-0.2, -0.15) is 0 Å². The zero-order valence-electron chi connectivity index (χ0n) is 11.9. The maximum Gasteiger partial charge on any atom is 0.241 e. The van der Waals surface area contributed by atoms with Crippen LogP contribution in [0.25, 0.3) is 0 Å². The minimum Gasteiger partial charge on any atom is -0.325 e. The first kappa shape index (κ1) is 14.3. The fourth-order valence-electron chi connectivity index (χ4n) is 2.01. The van der Waals surface area contributed by atoms with Gasteiger partial charge in [-0.3, -0.25) is 4.79 Å². The lowest BCUT2D eigenvalue weighted by molar-refractivity contribution is -0.117. The summed E-state index contributed by atoms with van der Waals surface area (Å²) in [5, 5.41) is 2.87. The first-order chi connectivity index (χ1) is 9.56. The zero-order chi connectivity index (χ0) is 14.5. The summed E-state index contributed by atoms with van der Waals surface area (Å²) in [5.41, 5.74) is 10.2. The van der Waals surface area contributed by atoms with Gasteiger partial charge >= 0.3 is 0 Å². The van der Waals surface area contributed by atoms with E-state index in [1.807, 2.05) is 62.4 Å². The Kier molecular flexibility index (Phi) is 4.53. The lowest BCUT2D eigenvalue weighted by atomic mass is 10.1. The van der Waals surface area contributed by atoms with E-state index in [4.69, 9.17) is 5.73 Å².